The second-order valence-electron chi connectivity index (χ2n) is 3.35. The van der Waals surface area contributed by atoms with Gasteiger partial charge in [-0.1, -0.05) is 19.1 Å². The monoisotopic (exact) mass is 243 g/mol. The van der Waals surface area contributed by atoms with Crippen molar-refractivity contribution in [3.05, 3.63) is 29.6 Å². The third-order valence-electron chi connectivity index (χ3n) is 2.15. The predicted octanol–water partition coefficient (Wildman–Crippen LogP) is 2.67. The summed E-state index contributed by atoms with van der Waals surface area (Å²) >= 11 is 1.51. The van der Waals surface area contributed by atoms with Crippen LogP contribution in [0.25, 0.3) is 0 Å². The van der Waals surface area contributed by atoms with Crippen LogP contribution in [0.5, 0.6) is 0 Å². The molecule has 0 bridgehead atoms. The van der Waals surface area contributed by atoms with Gasteiger partial charge in [0.1, 0.15) is 5.82 Å². The Morgan fingerprint density at radius 2 is 2.25 bits per heavy atom. The van der Waals surface area contributed by atoms with Crippen molar-refractivity contribution in [1.82, 2.24) is 5.32 Å². The van der Waals surface area contributed by atoms with E-state index >= 15 is 0 Å². The highest BCUT2D eigenvalue weighted by molar-refractivity contribution is 7.99. The molecular weight excluding hydrogens is 225 g/mol. The number of benzene rings is 1. The highest BCUT2D eigenvalue weighted by atomic mass is 32.2. The predicted molar refractivity (Wildman–Crippen MR) is 66.4 cm³/mol. The maximum absolute atomic E-state index is 13.6. The lowest BCUT2D eigenvalue weighted by atomic mass is 10.2. The summed E-state index contributed by atoms with van der Waals surface area (Å²) in [5.41, 5.74) is 1.02. The van der Waals surface area contributed by atoms with Gasteiger partial charge in [0.25, 0.3) is 0 Å². The lowest BCUT2D eigenvalue weighted by Gasteiger charge is -2.10. The number of hydrogen-bond donors (Lipinski definition) is 1. The van der Waals surface area contributed by atoms with E-state index in [1.54, 1.807) is 13.2 Å². The first-order valence-electron chi connectivity index (χ1n) is 5.39. The van der Waals surface area contributed by atoms with Crippen molar-refractivity contribution in [3.8, 4) is 0 Å². The van der Waals surface area contributed by atoms with Crippen molar-refractivity contribution >= 4 is 11.8 Å². The van der Waals surface area contributed by atoms with Gasteiger partial charge in [-0.15, -0.1) is 11.8 Å². The Bertz CT molecular complexity index is 320. The molecule has 16 heavy (non-hydrogen) atoms. The third-order valence-corrected chi connectivity index (χ3v) is 3.26. The van der Waals surface area contributed by atoms with E-state index in [4.69, 9.17) is 4.74 Å². The van der Waals surface area contributed by atoms with Gasteiger partial charge in [0.05, 0.1) is 6.61 Å². The average Bonchev–Trinajstić information content (AvgIpc) is 2.29. The molecule has 0 saturated carbocycles. The topological polar surface area (TPSA) is 21.3 Å². The van der Waals surface area contributed by atoms with Gasteiger partial charge in [0, 0.05) is 24.3 Å². The van der Waals surface area contributed by atoms with Crippen molar-refractivity contribution in [2.24, 2.45) is 0 Å². The Hall–Kier alpha value is -0.580. The van der Waals surface area contributed by atoms with Crippen LogP contribution in [0.1, 0.15) is 12.5 Å². The summed E-state index contributed by atoms with van der Waals surface area (Å²) in [5.74, 6) is 0.632. The van der Waals surface area contributed by atoms with Crippen molar-refractivity contribution in [2.45, 2.75) is 18.4 Å². The molecule has 0 aromatic heterocycles. The molecule has 2 nitrogen and oxygen atoms in total. The van der Waals surface area contributed by atoms with Gasteiger partial charge in [0.15, 0.2) is 0 Å². The van der Waals surface area contributed by atoms with Crippen LogP contribution in [0.3, 0.4) is 0 Å². The van der Waals surface area contributed by atoms with Gasteiger partial charge in [-0.3, -0.25) is 0 Å². The number of hydrogen-bond acceptors (Lipinski definition) is 3. The number of halogens is 1. The van der Waals surface area contributed by atoms with E-state index in [1.165, 1.54) is 17.8 Å². The Kier molecular flexibility index (Phi) is 6.45. The second kappa shape index (κ2) is 7.65. The largest absolute Gasteiger partial charge is 0.384 e. The number of rotatable bonds is 7. The maximum Gasteiger partial charge on any atom is 0.137 e. The molecule has 0 amide bonds. The lowest BCUT2D eigenvalue weighted by molar-refractivity contribution is 0.218. The summed E-state index contributed by atoms with van der Waals surface area (Å²) in [6.45, 7) is 4.28. The van der Waals surface area contributed by atoms with Crippen molar-refractivity contribution in [2.75, 3.05) is 26.0 Å². The lowest BCUT2D eigenvalue weighted by Crippen LogP contribution is -2.13. The minimum atomic E-state index is -0.142. The molecule has 0 aliphatic heterocycles. The van der Waals surface area contributed by atoms with E-state index < -0.39 is 0 Å². The third kappa shape index (κ3) is 4.12. The second-order valence-corrected chi connectivity index (χ2v) is 4.45. The van der Waals surface area contributed by atoms with Crippen LogP contribution < -0.4 is 5.32 Å². The Morgan fingerprint density at radius 3 is 2.94 bits per heavy atom. The highest BCUT2D eigenvalue weighted by Gasteiger charge is 2.08. The van der Waals surface area contributed by atoms with Crippen LogP contribution in [-0.4, -0.2) is 26.0 Å². The molecule has 4 heteroatoms. The Balaban J connectivity index is 2.69. The van der Waals surface area contributed by atoms with Crippen molar-refractivity contribution in [1.29, 1.82) is 0 Å². The number of nitrogens with one attached hydrogen (secondary N) is 1. The summed E-state index contributed by atoms with van der Waals surface area (Å²) in [5, 5.41) is 3.21. The standard InChI is InChI=1S/C12H18FNOS/c1-3-14-9-10-5-4-6-11(13)12(10)16-8-7-15-2/h4-6,14H,3,7-9H2,1-2H3. The van der Waals surface area contributed by atoms with E-state index in [1.807, 2.05) is 13.0 Å². The molecule has 1 rings (SSSR count). The minimum absolute atomic E-state index is 0.142. The van der Waals surface area contributed by atoms with E-state index in [9.17, 15) is 4.39 Å². The molecule has 0 radical (unpaired) electrons. The molecule has 0 fully saturated rings. The van der Waals surface area contributed by atoms with E-state index in [0.717, 1.165) is 22.8 Å². The Labute approximate surface area is 101 Å². The molecular formula is C12H18FNOS. The van der Waals surface area contributed by atoms with Gasteiger partial charge in [-0.2, -0.15) is 0 Å². The van der Waals surface area contributed by atoms with Crippen molar-refractivity contribution in [3.63, 3.8) is 0 Å². The summed E-state index contributed by atoms with van der Waals surface area (Å²) in [4.78, 5) is 0.737. The molecule has 0 aliphatic carbocycles. The maximum atomic E-state index is 13.6. The molecule has 1 aromatic rings. The first kappa shape index (κ1) is 13.5. The molecule has 0 heterocycles. The molecule has 0 unspecified atom stereocenters. The average molecular weight is 243 g/mol. The van der Waals surface area contributed by atoms with Crippen LogP contribution in [0.4, 0.5) is 4.39 Å². The SMILES string of the molecule is CCNCc1cccc(F)c1SCCOC. The van der Waals surface area contributed by atoms with Crippen LogP contribution in [0, 0.1) is 5.82 Å². The quantitative estimate of drug-likeness (QED) is 0.587. The van der Waals surface area contributed by atoms with Gasteiger partial charge in [0.2, 0.25) is 0 Å². The van der Waals surface area contributed by atoms with Crippen LogP contribution >= 0.6 is 11.8 Å². The fourth-order valence-electron chi connectivity index (χ4n) is 1.34. The van der Waals surface area contributed by atoms with E-state index in [-0.39, 0.29) is 5.82 Å². The zero-order valence-electron chi connectivity index (χ0n) is 9.75. The van der Waals surface area contributed by atoms with Crippen molar-refractivity contribution < 1.29 is 9.13 Å². The first-order chi connectivity index (χ1) is 7.79. The first-order valence-corrected chi connectivity index (χ1v) is 6.38. The van der Waals surface area contributed by atoms with E-state index in [2.05, 4.69) is 5.32 Å². The summed E-state index contributed by atoms with van der Waals surface area (Å²) in [6, 6.07) is 5.22. The molecule has 0 aliphatic rings. The molecule has 0 atom stereocenters. The zero-order chi connectivity index (χ0) is 11.8. The normalized spacial score (nSPS) is 10.7. The van der Waals surface area contributed by atoms with Crippen LogP contribution in [-0.2, 0) is 11.3 Å². The number of ether oxygens (including phenoxy) is 1. The number of methoxy groups -OCH3 is 1. The van der Waals surface area contributed by atoms with Crippen LogP contribution in [0.15, 0.2) is 23.1 Å². The number of thioether (sulfide) groups is 1. The minimum Gasteiger partial charge on any atom is -0.384 e. The van der Waals surface area contributed by atoms with Crippen LogP contribution in [0.2, 0.25) is 0 Å². The molecule has 90 valence electrons. The van der Waals surface area contributed by atoms with Gasteiger partial charge >= 0.3 is 0 Å². The summed E-state index contributed by atoms with van der Waals surface area (Å²) in [6.07, 6.45) is 0. The molecule has 1 aromatic carbocycles. The fourth-order valence-corrected chi connectivity index (χ4v) is 2.33. The molecule has 1 N–H and O–H groups in total. The van der Waals surface area contributed by atoms with Gasteiger partial charge in [-0.05, 0) is 18.2 Å². The molecule has 0 spiro atoms. The van der Waals surface area contributed by atoms with Gasteiger partial charge in [-0.25, -0.2) is 4.39 Å². The summed E-state index contributed by atoms with van der Waals surface area (Å²) < 4.78 is 18.6. The Morgan fingerprint density at radius 1 is 1.44 bits per heavy atom. The zero-order valence-corrected chi connectivity index (χ0v) is 10.6. The summed E-state index contributed by atoms with van der Waals surface area (Å²) in [7, 11) is 1.65. The fraction of sp³-hybridized carbons (Fsp3) is 0.500. The molecule has 0 saturated heterocycles. The smallest absolute Gasteiger partial charge is 0.137 e. The van der Waals surface area contributed by atoms with Gasteiger partial charge < -0.3 is 10.1 Å². The highest BCUT2D eigenvalue weighted by Crippen LogP contribution is 2.25. The van der Waals surface area contributed by atoms with E-state index in [0.29, 0.717) is 13.2 Å².